The maximum absolute atomic E-state index is 14.2. The highest BCUT2D eigenvalue weighted by Crippen LogP contribution is 2.52. The zero-order valence-electron chi connectivity index (χ0n) is 13.6. The third kappa shape index (κ3) is 3.49. The summed E-state index contributed by atoms with van der Waals surface area (Å²) < 4.78 is 38.5. The molecule has 3 fully saturated rings. The van der Waals surface area contributed by atoms with Gasteiger partial charge in [0.2, 0.25) is 0 Å². The Balaban J connectivity index is 1.67. The van der Waals surface area contributed by atoms with Crippen LogP contribution >= 0.6 is 0 Å². The molecule has 4 unspecified atom stereocenters. The van der Waals surface area contributed by atoms with E-state index in [1.807, 2.05) is 0 Å². The van der Waals surface area contributed by atoms with Crippen molar-refractivity contribution in [3.63, 3.8) is 0 Å². The summed E-state index contributed by atoms with van der Waals surface area (Å²) in [6.45, 7) is 0. The topological polar surface area (TPSA) is 72.8 Å². The van der Waals surface area contributed by atoms with E-state index < -0.39 is 30.1 Å². The van der Waals surface area contributed by atoms with Gasteiger partial charge in [-0.15, -0.1) is 0 Å². The molecule has 3 aliphatic carbocycles. The molecule has 0 radical (unpaired) electrons. The van der Waals surface area contributed by atoms with E-state index >= 15 is 0 Å². The van der Waals surface area contributed by atoms with Gasteiger partial charge in [-0.25, -0.2) is 9.59 Å². The van der Waals surface area contributed by atoms with Crippen molar-refractivity contribution in [2.24, 2.45) is 17.8 Å². The number of halogens is 2. The van der Waals surface area contributed by atoms with Gasteiger partial charge in [0.05, 0.1) is 0 Å². The lowest BCUT2D eigenvalue weighted by atomic mass is 9.82. The highest BCUT2D eigenvalue weighted by molar-refractivity contribution is 5.77. The zero-order chi connectivity index (χ0) is 17.3. The number of hydrogen-bond donors (Lipinski definition) is 1. The fourth-order valence-electron chi connectivity index (χ4n) is 4.67. The third-order valence-corrected chi connectivity index (χ3v) is 5.86. The zero-order valence-corrected chi connectivity index (χ0v) is 13.6. The SMILES string of the molecule is O=C(OC1CCCCC1)OC(C1CC2CCC1C2)C(F)(F)C(=O)O. The molecule has 0 aliphatic heterocycles. The Hall–Kier alpha value is -1.40. The molecule has 3 saturated carbocycles. The predicted molar refractivity (Wildman–Crippen MR) is 79.7 cm³/mol. The maximum atomic E-state index is 14.2. The van der Waals surface area contributed by atoms with Crippen LogP contribution in [0.1, 0.15) is 57.8 Å². The number of carbonyl (C=O) groups excluding carboxylic acids is 1. The van der Waals surface area contributed by atoms with Crippen molar-refractivity contribution in [1.29, 1.82) is 0 Å². The molecule has 2 bridgehead atoms. The monoisotopic (exact) mass is 346 g/mol. The molecule has 1 N–H and O–H groups in total. The average molecular weight is 346 g/mol. The number of carboxylic acid groups (broad SMARTS) is 1. The van der Waals surface area contributed by atoms with Gasteiger partial charge in [0.15, 0.2) is 6.10 Å². The van der Waals surface area contributed by atoms with Gasteiger partial charge in [0.25, 0.3) is 0 Å². The van der Waals surface area contributed by atoms with E-state index in [4.69, 9.17) is 14.6 Å². The molecule has 3 rings (SSSR count). The highest BCUT2D eigenvalue weighted by atomic mass is 19.3. The minimum atomic E-state index is -4.10. The molecule has 7 heteroatoms. The molecule has 0 heterocycles. The minimum Gasteiger partial charge on any atom is -0.477 e. The second-order valence-electron chi connectivity index (χ2n) is 7.43. The average Bonchev–Trinajstić information content (AvgIpc) is 3.16. The van der Waals surface area contributed by atoms with Gasteiger partial charge < -0.3 is 14.6 Å². The number of hydrogen-bond acceptors (Lipinski definition) is 4. The quantitative estimate of drug-likeness (QED) is 0.762. The summed E-state index contributed by atoms with van der Waals surface area (Å²) in [5, 5.41) is 8.89. The Morgan fingerprint density at radius 2 is 1.75 bits per heavy atom. The molecule has 0 aromatic carbocycles. The highest BCUT2D eigenvalue weighted by Gasteiger charge is 2.58. The van der Waals surface area contributed by atoms with Gasteiger partial charge in [0, 0.05) is 5.92 Å². The first-order valence-electron chi connectivity index (χ1n) is 8.86. The van der Waals surface area contributed by atoms with Crippen LogP contribution in [0.4, 0.5) is 13.6 Å². The Labute approximate surface area is 139 Å². The van der Waals surface area contributed by atoms with Crippen molar-refractivity contribution in [2.45, 2.75) is 75.9 Å². The maximum Gasteiger partial charge on any atom is 0.509 e. The molecule has 136 valence electrons. The van der Waals surface area contributed by atoms with Crippen LogP contribution in [0.3, 0.4) is 0 Å². The van der Waals surface area contributed by atoms with Gasteiger partial charge in [-0.1, -0.05) is 12.8 Å². The van der Waals surface area contributed by atoms with E-state index in [0.29, 0.717) is 25.2 Å². The van der Waals surface area contributed by atoms with Gasteiger partial charge in [-0.3, -0.25) is 0 Å². The fraction of sp³-hybridized carbons (Fsp3) is 0.882. The van der Waals surface area contributed by atoms with Crippen LogP contribution in [0.5, 0.6) is 0 Å². The van der Waals surface area contributed by atoms with E-state index in [9.17, 15) is 18.4 Å². The van der Waals surface area contributed by atoms with E-state index in [-0.39, 0.29) is 12.0 Å². The van der Waals surface area contributed by atoms with Crippen LogP contribution < -0.4 is 0 Å². The van der Waals surface area contributed by atoms with E-state index in [0.717, 1.165) is 38.5 Å². The van der Waals surface area contributed by atoms with Crippen LogP contribution in [0.25, 0.3) is 0 Å². The van der Waals surface area contributed by atoms with Crippen LogP contribution in [0, 0.1) is 17.8 Å². The lowest BCUT2D eigenvalue weighted by Crippen LogP contribution is -2.50. The van der Waals surface area contributed by atoms with Crippen LogP contribution in [-0.2, 0) is 14.3 Å². The van der Waals surface area contributed by atoms with Crippen molar-refractivity contribution in [1.82, 2.24) is 0 Å². The van der Waals surface area contributed by atoms with Gasteiger partial charge in [-0.05, 0) is 56.8 Å². The largest absolute Gasteiger partial charge is 0.509 e. The van der Waals surface area contributed by atoms with Gasteiger partial charge >= 0.3 is 18.0 Å². The van der Waals surface area contributed by atoms with Crippen molar-refractivity contribution in [3.05, 3.63) is 0 Å². The lowest BCUT2D eigenvalue weighted by molar-refractivity contribution is -0.194. The van der Waals surface area contributed by atoms with Gasteiger partial charge in [0.1, 0.15) is 6.10 Å². The first kappa shape index (κ1) is 17.4. The number of carbonyl (C=O) groups is 2. The van der Waals surface area contributed by atoms with E-state index in [1.54, 1.807) is 0 Å². The molecule has 3 aliphatic rings. The molecule has 0 amide bonds. The Morgan fingerprint density at radius 1 is 1.04 bits per heavy atom. The van der Waals surface area contributed by atoms with Crippen molar-refractivity contribution in [3.8, 4) is 0 Å². The Morgan fingerprint density at radius 3 is 2.29 bits per heavy atom. The number of carboxylic acids is 1. The Kier molecular flexibility index (Phi) is 4.97. The molecular weight excluding hydrogens is 322 g/mol. The number of ether oxygens (including phenoxy) is 2. The van der Waals surface area contributed by atoms with Crippen molar-refractivity contribution in [2.75, 3.05) is 0 Å². The van der Waals surface area contributed by atoms with E-state index in [1.165, 1.54) is 0 Å². The Bertz CT molecular complexity index is 489. The summed E-state index contributed by atoms with van der Waals surface area (Å²) >= 11 is 0. The molecular formula is C17H24F2O5. The second-order valence-corrected chi connectivity index (χ2v) is 7.43. The molecule has 24 heavy (non-hydrogen) atoms. The smallest absolute Gasteiger partial charge is 0.477 e. The number of aliphatic carboxylic acids is 1. The fourth-order valence-corrected chi connectivity index (χ4v) is 4.67. The van der Waals surface area contributed by atoms with Crippen molar-refractivity contribution >= 4 is 12.1 Å². The standard InChI is InChI=1S/C17H24F2O5/c18-17(19,15(20)21)14(13-9-10-6-7-11(13)8-10)24-16(22)23-12-4-2-1-3-5-12/h10-14H,1-9H2,(H,20,21). The summed E-state index contributed by atoms with van der Waals surface area (Å²) in [6.07, 6.45) is 4.00. The number of alkyl halides is 2. The van der Waals surface area contributed by atoms with Crippen LogP contribution in [0.2, 0.25) is 0 Å². The van der Waals surface area contributed by atoms with Crippen LogP contribution in [-0.4, -0.2) is 35.4 Å². The summed E-state index contributed by atoms with van der Waals surface area (Å²) in [5.41, 5.74) is 0. The molecule has 0 saturated heterocycles. The lowest BCUT2D eigenvalue weighted by Gasteiger charge is -2.33. The van der Waals surface area contributed by atoms with Gasteiger partial charge in [-0.2, -0.15) is 8.78 Å². The number of fused-ring (bicyclic) bond motifs is 2. The molecule has 0 aromatic heterocycles. The second kappa shape index (κ2) is 6.84. The normalized spacial score (nSPS) is 31.7. The molecule has 0 aromatic rings. The number of rotatable bonds is 5. The summed E-state index contributed by atoms with van der Waals surface area (Å²) in [5.74, 6) is -6.60. The minimum absolute atomic E-state index is 0.00713. The molecule has 0 spiro atoms. The third-order valence-electron chi connectivity index (χ3n) is 5.86. The predicted octanol–water partition coefficient (Wildman–Crippen LogP) is 4.00. The van der Waals surface area contributed by atoms with Crippen LogP contribution in [0.15, 0.2) is 0 Å². The van der Waals surface area contributed by atoms with Crippen molar-refractivity contribution < 1.29 is 33.0 Å². The molecule has 5 nitrogen and oxygen atoms in total. The first-order valence-corrected chi connectivity index (χ1v) is 8.86. The molecule has 4 atom stereocenters. The summed E-state index contributed by atoms with van der Waals surface area (Å²) in [4.78, 5) is 23.0. The first-order chi connectivity index (χ1) is 11.4. The summed E-state index contributed by atoms with van der Waals surface area (Å²) in [6, 6.07) is 0. The van der Waals surface area contributed by atoms with E-state index in [2.05, 4.69) is 0 Å². The summed E-state index contributed by atoms with van der Waals surface area (Å²) in [7, 11) is 0.